The Morgan fingerprint density at radius 3 is 2.73 bits per heavy atom. The van der Waals surface area contributed by atoms with E-state index in [1.54, 1.807) is 6.21 Å². The highest BCUT2D eigenvalue weighted by Gasteiger charge is 1.92. The molecule has 0 bridgehead atoms. The molecule has 11 heavy (non-hydrogen) atoms. The summed E-state index contributed by atoms with van der Waals surface area (Å²) < 4.78 is 0. The van der Waals surface area contributed by atoms with Gasteiger partial charge in [0.25, 0.3) is 0 Å². The molecule has 2 nitrogen and oxygen atoms in total. The third-order valence-corrected chi connectivity index (χ3v) is 1.51. The molecule has 0 spiro atoms. The summed E-state index contributed by atoms with van der Waals surface area (Å²) in [5, 5.41) is 4.11. The van der Waals surface area contributed by atoms with Crippen LogP contribution in [0, 0.1) is 6.92 Å². The van der Waals surface area contributed by atoms with Crippen LogP contribution >= 0.6 is 11.6 Å². The van der Waals surface area contributed by atoms with Crippen molar-refractivity contribution in [3.05, 3.63) is 34.3 Å². The first-order valence-electron chi connectivity index (χ1n) is 3.23. The van der Waals surface area contributed by atoms with Crippen molar-refractivity contribution in [1.82, 2.24) is 0 Å². The molecular formula is C8H9ClN2. The normalized spacial score (nSPS) is 10.7. The smallest absolute Gasteiger partial charge is 0.0538 e. The predicted octanol–water partition coefficient (Wildman–Crippen LogP) is 1.94. The summed E-state index contributed by atoms with van der Waals surface area (Å²) in [5.41, 5.74) is 2.03. The molecule has 0 aliphatic heterocycles. The van der Waals surface area contributed by atoms with E-state index in [-0.39, 0.29) is 0 Å². The Labute approximate surface area is 70.7 Å². The second kappa shape index (κ2) is 3.39. The topological polar surface area (TPSA) is 38.4 Å². The van der Waals surface area contributed by atoms with Gasteiger partial charge in [-0.25, -0.2) is 0 Å². The lowest BCUT2D eigenvalue weighted by atomic mass is 10.1. The summed E-state index contributed by atoms with van der Waals surface area (Å²) in [7, 11) is 0. The van der Waals surface area contributed by atoms with Crippen LogP contribution in [0.5, 0.6) is 0 Å². The van der Waals surface area contributed by atoms with E-state index in [0.717, 1.165) is 11.1 Å². The molecule has 0 unspecified atom stereocenters. The van der Waals surface area contributed by atoms with Gasteiger partial charge in [-0.2, -0.15) is 5.10 Å². The zero-order valence-corrected chi connectivity index (χ0v) is 6.97. The molecule has 1 aromatic rings. The van der Waals surface area contributed by atoms with Crippen molar-refractivity contribution in [3.63, 3.8) is 0 Å². The number of aryl methyl sites for hydroxylation is 1. The van der Waals surface area contributed by atoms with Crippen LogP contribution in [0.1, 0.15) is 11.1 Å². The molecule has 0 aliphatic rings. The van der Waals surface area contributed by atoms with Gasteiger partial charge in [0, 0.05) is 5.02 Å². The van der Waals surface area contributed by atoms with Crippen LogP contribution < -0.4 is 5.84 Å². The average Bonchev–Trinajstić information content (AvgIpc) is 1.85. The molecule has 1 rings (SSSR count). The first-order chi connectivity index (χ1) is 5.22. The number of nitrogens with zero attached hydrogens (tertiary/aromatic N) is 1. The highest BCUT2D eigenvalue weighted by Crippen LogP contribution is 2.12. The predicted molar refractivity (Wildman–Crippen MR) is 48.0 cm³/mol. The Morgan fingerprint density at radius 2 is 2.18 bits per heavy atom. The van der Waals surface area contributed by atoms with E-state index in [0.29, 0.717) is 5.02 Å². The molecule has 0 heterocycles. The number of rotatable bonds is 1. The SMILES string of the molecule is Cc1cc(Cl)cc(/C=N/N)c1. The maximum Gasteiger partial charge on any atom is 0.0538 e. The maximum absolute atomic E-state index is 5.78. The lowest BCUT2D eigenvalue weighted by molar-refractivity contribution is 1.26. The Morgan fingerprint density at radius 1 is 1.45 bits per heavy atom. The number of hydrazone groups is 1. The summed E-state index contributed by atoms with van der Waals surface area (Å²) in [6.45, 7) is 1.97. The van der Waals surface area contributed by atoms with Crippen LogP contribution in [0.25, 0.3) is 0 Å². The molecule has 0 aromatic heterocycles. The number of benzene rings is 1. The molecule has 3 heteroatoms. The molecule has 58 valence electrons. The van der Waals surface area contributed by atoms with Gasteiger partial charge in [0.2, 0.25) is 0 Å². The van der Waals surface area contributed by atoms with Crippen molar-refractivity contribution < 1.29 is 0 Å². The zero-order chi connectivity index (χ0) is 8.27. The summed E-state index contributed by atoms with van der Waals surface area (Å²) in [4.78, 5) is 0. The molecule has 0 amide bonds. The van der Waals surface area contributed by atoms with Crippen molar-refractivity contribution in [2.24, 2.45) is 10.9 Å². The third kappa shape index (κ3) is 2.24. The Balaban J connectivity index is 3.08. The Kier molecular flexibility index (Phi) is 2.49. The van der Waals surface area contributed by atoms with Crippen LogP contribution in [0.2, 0.25) is 5.02 Å². The van der Waals surface area contributed by atoms with E-state index in [1.165, 1.54) is 0 Å². The standard InChI is InChI=1S/C8H9ClN2/c1-6-2-7(5-11-10)4-8(9)3-6/h2-5H,10H2,1H3/b11-5+. The van der Waals surface area contributed by atoms with Gasteiger partial charge in [-0.3, -0.25) is 0 Å². The number of halogens is 1. The largest absolute Gasteiger partial charge is 0.323 e. The van der Waals surface area contributed by atoms with Gasteiger partial charge in [0.15, 0.2) is 0 Å². The molecule has 0 fully saturated rings. The second-order valence-corrected chi connectivity index (χ2v) is 2.78. The first kappa shape index (κ1) is 8.08. The fourth-order valence-corrected chi connectivity index (χ4v) is 1.22. The van der Waals surface area contributed by atoms with Gasteiger partial charge >= 0.3 is 0 Å². The molecular weight excluding hydrogens is 160 g/mol. The van der Waals surface area contributed by atoms with E-state index in [4.69, 9.17) is 17.4 Å². The summed E-state index contributed by atoms with van der Waals surface area (Å²) in [6, 6.07) is 5.66. The summed E-state index contributed by atoms with van der Waals surface area (Å²) >= 11 is 5.78. The molecule has 0 saturated heterocycles. The van der Waals surface area contributed by atoms with Crippen LogP contribution in [-0.2, 0) is 0 Å². The van der Waals surface area contributed by atoms with Crippen LogP contribution in [0.4, 0.5) is 0 Å². The van der Waals surface area contributed by atoms with Crippen LogP contribution in [-0.4, -0.2) is 6.21 Å². The molecule has 0 atom stereocenters. The lowest BCUT2D eigenvalue weighted by Crippen LogP contribution is -1.87. The van der Waals surface area contributed by atoms with Gasteiger partial charge < -0.3 is 5.84 Å². The van der Waals surface area contributed by atoms with Gasteiger partial charge in [0.1, 0.15) is 0 Å². The van der Waals surface area contributed by atoms with Gasteiger partial charge in [-0.05, 0) is 30.2 Å². The minimum Gasteiger partial charge on any atom is -0.323 e. The van der Waals surface area contributed by atoms with Gasteiger partial charge in [0.05, 0.1) is 6.21 Å². The lowest BCUT2D eigenvalue weighted by Gasteiger charge is -1.96. The Hall–Kier alpha value is -1.02. The monoisotopic (exact) mass is 168 g/mol. The number of hydrogen-bond donors (Lipinski definition) is 1. The van der Waals surface area contributed by atoms with Crippen molar-refractivity contribution in [1.29, 1.82) is 0 Å². The summed E-state index contributed by atoms with van der Waals surface area (Å²) in [5.74, 6) is 4.99. The highest BCUT2D eigenvalue weighted by atomic mass is 35.5. The molecule has 2 N–H and O–H groups in total. The zero-order valence-electron chi connectivity index (χ0n) is 6.21. The first-order valence-corrected chi connectivity index (χ1v) is 3.60. The third-order valence-electron chi connectivity index (χ3n) is 1.29. The maximum atomic E-state index is 5.78. The minimum absolute atomic E-state index is 0.708. The Bertz CT molecular complexity index is 261. The van der Waals surface area contributed by atoms with Crippen molar-refractivity contribution in [2.75, 3.05) is 0 Å². The van der Waals surface area contributed by atoms with E-state index in [2.05, 4.69) is 5.10 Å². The van der Waals surface area contributed by atoms with Gasteiger partial charge in [-0.1, -0.05) is 17.7 Å². The fourth-order valence-electron chi connectivity index (χ4n) is 0.925. The van der Waals surface area contributed by atoms with Crippen LogP contribution in [0.3, 0.4) is 0 Å². The quantitative estimate of drug-likeness (QED) is 0.389. The molecule has 0 saturated carbocycles. The fraction of sp³-hybridized carbons (Fsp3) is 0.125. The van der Waals surface area contributed by atoms with Crippen molar-refractivity contribution in [2.45, 2.75) is 6.92 Å². The average molecular weight is 169 g/mol. The van der Waals surface area contributed by atoms with E-state index >= 15 is 0 Å². The minimum atomic E-state index is 0.708. The van der Waals surface area contributed by atoms with Gasteiger partial charge in [-0.15, -0.1) is 0 Å². The summed E-state index contributed by atoms with van der Waals surface area (Å²) in [6.07, 6.45) is 1.57. The van der Waals surface area contributed by atoms with Crippen molar-refractivity contribution in [3.8, 4) is 0 Å². The van der Waals surface area contributed by atoms with Crippen molar-refractivity contribution >= 4 is 17.8 Å². The highest BCUT2D eigenvalue weighted by molar-refractivity contribution is 6.30. The second-order valence-electron chi connectivity index (χ2n) is 2.34. The van der Waals surface area contributed by atoms with Crippen LogP contribution in [0.15, 0.2) is 23.3 Å². The van der Waals surface area contributed by atoms with E-state index in [1.807, 2.05) is 25.1 Å². The molecule has 0 radical (unpaired) electrons. The van der Waals surface area contributed by atoms with E-state index < -0.39 is 0 Å². The van der Waals surface area contributed by atoms with E-state index in [9.17, 15) is 0 Å². The molecule has 0 aliphatic carbocycles. The molecule has 1 aromatic carbocycles. The number of hydrogen-bond acceptors (Lipinski definition) is 2. The number of nitrogens with two attached hydrogens (primary N) is 1.